The number of nitrogens with one attached hydrogen (secondary N) is 3. The van der Waals surface area contributed by atoms with Crippen molar-refractivity contribution >= 4 is 23.2 Å². The van der Waals surface area contributed by atoms with E-state index in [4.69, 9.17) is 4.98 Å². The van der Waals surface area contributed by atoms with Gasteiger partial charge in [-0.15, -0.1) is 5.10 Å². The lowest BCUT2D eigenvalue weighted by Crippen LogP contribution is -2.40. The number of rotatable bonds is 8. The molecule has 2 heterocycles. The molecule has 9 nitrogen and oxygen atoms in total. The van der Waals surface area contributed by atoms with Crippen LogP contribution in [-0.2, 0) is 0 Å². The Morgan fingerprint density at radius 2 is 1.69 bits per heavy atom. The lowest BCUT2D eigenvalue weighted by molar-refractivity contribution is 0.262. The Morgan fingerprint density at radius 1 is 0.974 bits per heavy atom. The van der Waals surface area contributed by atoms with Crippen LogP contribution in [0.4, 0.5) is 22.0 Å². The summed E-state index contributed by atoms with van der Waals surface area (Å²) in [6, 6.07) is 19.7. The molecule has 0 radical (unpaired) electrons. The van der Waals surface area contributed by atoms with Gasteiger partial charge in [-0.05, 0) is 54.3 Å². The van der Waals surface area contributed by atoms with Crippen LogP contribution in [-0.4, -0.2) is 44.2 Å². The fourth-order valence-electron chi connectivity index (χ4n) is 5.21. The maximum atomic E-state index is 13.0. The van der Waals surface area contributed by atoms with Crippen LogP contribution < -0.4 is 15.5 Å². The van der Waals surface area contributed by atoms with Gasteiger partial charge in [0.2, 0.25) is 0 Å². The van der Waals surface area contributed by atoms with E-state index in [-0.39, 0.29) is 6.03 Å². The highest BCUT2D eigenvalue weighted by Gasteiger charge is 2.25. The number of amides is 2. The van der Waals surface area contributed by atoms with Crippen molar-refractivity contribution in [3.05, 3.63) is 66.2 Å². The highest BCUT2D eigenvalue weighted by Crippen LogP contribution is 2.34. The highest BCUT2D eigenvalue weighted by atomic mass is 16.2. The monoisotopic (exact) mass is 524 g/mol. The number of nitrogens with zero attached hydrogens (tertiary/aromatic N) is 5. The zero-order chi connectivity index (χ0) is 27.2. The van der Waals surface area contributed by atoms with Gasteiger partial charge in [-0.3, -0.25) is 0 Å². The fraction of sp³-hybridized carbons (Fsp3) is 0.367. The molecule has 0 saturated heterocycles. The molecule has 5 rings (SSSR count). The number of hydrogen-bond acceptors (Lipinski definition) is 6. The van der Waals surface area contributed by atoms with E-state index >= 15 is 0 Å². The second-order valence-corrected chi connectivity index (χ2v) is 10.7. The van der Waals surface area contributed by atoms with Crippen molar-refractivity contribution in [1.29, 1.82) is 0 Å². The topological polar surface area (TPSA) is 112 Å². The van der Waals surface area contributed by atoms with Gasteiger partial charge in [0, 0.05) is 41.2 Å². The van der Waals surface area contributed by atoms with Crippen LogP contribution in [0, 0.1) is 12.8 Å². The quantitative estimate of drug-likeness (QED) is 0.237. The molecule has 1 saturated carbocycles. The minimum atomic E-state index is -0.303. The molecule has 0 bridgehead atoms. The maximum Gasteiger partial charge on any atom is 0.323 e. The normalized spacial score (nSPS) is 13.8. The van der Waals surface area contributed by atoms with Gasteiger partial charge in [-0.25, -0.2) is 14.9 Å². The van der Waals surface area contributed by atoms with E-state index in [1.165, 1.54) is 19.3 Å². The zero-order valence-corrected chi connectivity index (χ0v) is 22.8. The molecule has 0 spiro atoms. The second-order valence-electron chi connectivity index (χ2n) is 10.7. The molecule has 0 atom stereocenters. The van der Waals surface area contributed by atoms with Gasteiger partial charge in [0.1, 0.15) is 5.82 Å². The Balaban J connectivity index is 1.54. The summed E-state index contributed by atoms with van der Waals surface area (Å²) in [7, 11) is 0. The molecule has 2 aromatic carbocycles. The van der Waals surface area contributed by atoms with Crippen molar-refractivity contribution in [1.82, 2.24) is 25.6 Å². The lowest BCUT2D eigenvalue weighted by atomic mass is 9.93. The molecule has 0 aliphatic heterocycles. The third-order valence-corrected chi connectivity index (χ3v) is 7.05. The van der Waals surface area contributed by atoms with Crippen LogP contribution in [0.2, 0.25) is 0 Å². The third-order valence-electron chi connectivity index (χ3n) is 7.05. The molecule has 202 valence electrons. The van der Waals surface area contributed by atoms with Crippen LogP contribution in [0.1, 0.15) is 51.5 Å². The molecule has 1 aliphatic carbocycles. The van der Waals surface area contributed by atoms with Crippen LogP contribution in [0.25, 0.3) is 22.6 Å². The Kier molecular flexibility index (Phi) is 8.15. The molecule has 0 unspecified atom stereocenters. The molecule has 9 heteroatoms. The summed E-state index contributed by atoms with van der Waals surface area (Å²) in [5, 5.41) is 20.5. The van der Waals surface area contributed by atoms with Crippen LogP contribution >= 0.6 is 0 Å². The van der Waals surface area contributed by atoms with Gasteiger partial charge in [0.25, 0.3) is 0 Å². The number of aromatic amines is 1. The molecule has 2 amide bonds. The summed E-state index contributed by atoms with van der Waals surface area (Å²) >= 11 is 0. The average Bonchev–Trinajstić information content (AvgIpc) is 3.48. The number of aryl methyl sites for hydroxylation is 1. The van der Waals surface area contributed by atoms with Crippen molar-refractivity contribution in [3.63, 3.8) is 0 Å². The summed E-state index contributed by atoms with van der Waals surface area (Å²) < 4.78 is 0. The van der Waals surface area contributed by atoms with Crippen molar-refractivity contribution < 1.29 is 4.79 Å². The largest absolute Gasteiger partial charge is 0.353 e. The molecule has 4 aromatic rings. The number of hydrogen-bond donors (Lipinski definition) is 3. The van der Waals surface area contributed by atoms with Gasteiger partial charge >= 0.3 is 6.03 Å². The van der Waals surface area contributed by atoms with Crippen molar-refractivity contribution in [3.8, 4) is 22.6 Å². The van der Waals surface area contributed by atoms with E-state index in [0.717, 1.165) is 53.3 Å². The molecule has 2 aromatic heterocycles. The Hall–Kier alpha value is -4.27. The summed E-state index contributed by atoms with van der Waals surface area (Å²) in [5.74, 6) is 1.89. The number of aromatic nitrogens is 5. The number of pyridine rings is 1. The summed E-state index contributed by atoms with van der Waals surface area (Å²) in [6.07, 6.45) is 6.03. The third kappa shape index (κ3) is 6.60. The fourth-order valence-corrected chi connectivity index (χ4v) is 5.21. The Morgan fingerprint density at radius 3 is 2.38 bits per heavy atom. The van der Waals surface area contributed by atoms with Crippen LogP contribution in [0.5, 0.6) is 0 Å². The number of tetrazole rings is 1. The second kappa shape index (κ2) is 12.1. The van der Waals surface area contributed by atoms with E-state index in [2.05, 4.69) is 50.0 Å². The van der Waals surface area contributed by atoms with Crippen LogP contribution in [0.15, 0.2) is 60.7 Å². The van der Waals surface area contributed by atoms with Crippen molar-refractivity contribution in [2.24, 2.45) is 5.92 Å². The minimum Gasteiger partial charge on any atom is -0.353 e. The van der Waals surface area contributed by atoms with Gasteiger partial charge in [0.15, 0.2) is 5.82 Å². The molecular formula is C30H36N8O. The number of anilines is 3. The van der Waals surface area contributed by atoms with Crippen molar-refractivity contribution in [2.75, 3.05) is 22.1 Å². The SMILES string of the molecule is Cc1ccc(NC(=O)Nc2cc(-c3ccccc3-c3nnn[nH]3)nc(N(CC(C)C)C3CCCCC3)c2)cc1. The molecule has 1 fully saturated rings. The first-order valence-corrected chi connectivity index (χ1v) is 13.7. The standard InChI is InChI=1S/C30H36N8O/c1-20(2)19-38(24-9-5-4-6-10-24)28-18-23(32-30(39)31-22-15-13-21(3)14-16-22)17-27(33-28)25-11-7-8-12-26(25)29-34-36-37-35-29/h7-8,11-18,20,24H,4-6,9-10,19H2,1-3H3,(H2,31,32,33,39)(H,34,35,36,37). The molecule has 3 N–H and O–H groups in total. The van der Waals surface area contributed by atoms with Gasteiger partial charge in [0.05, 0.1) is 5.69 Å². The summed E-state index contributed by atoms with van der Waals surface area (Å²) in [6.45, 7) is 7.38. The summed E-state index contributed by atoms with van der Waals surface area (Å²) in [4.78, 5) is 20.7. The smallest absolute Gasteiger partial charge is 0.323 e. The molecule has 39 heavy (non-hydrogen) atoms. The number of carbonyl (C=O) groups excluding carboxylic acids is 1. The van der Waals surface area contributed by atoms with E-state index < -0.39 is 0 Å². The maximum absolute atomic E-state index is 13.0. The number of benzene rings is 2. The molecular weight excluding hydrogens is 488 g/mol. The van der Waals surface area contributed by atoms with Gasteiger partial charge in [-0.1, -0.05) is 75.1 Å². The first-order valence-electron chi connectivity index (χ1n) is 13.7. The summed E-state index contributed by atoms with van der Waals surface area (Å²) in [5.41, 5.74) is 5.02. The van der Waals surface area contributed by atoms with Gasteiger partial charge < -0.3 is 15.5 Å². The first-order chi connectivity index (χ1) is 19.0. The lowest BCUT2D eigenvalue weighted by Gasteiger charge is -2.37. The Labute approximate surface area is 229 Å². The number of urea groups is 1. The van der Waals surface area contributed by atoms with E-state index in [1.807, 2.05) is 67.6 Å². The van der Waals surface area contributed by atoms with Gasteiger partial charge in [-0.2, -0.15) is 0 Å². The van der Waals surface area contributed by atoms with E-state index in [0.29, 0.717) is 23.5 Å². The predicted octanol–water partition coefficient (Wildman–Crippen LogP) is 6.68. The minimum absolute atomic E-state index is 0.303. The number of H-pyrrole nitrogens is 1. The average molecular weight is 525 g/mol. The molecule has 1 aliphatic rings. The predicted molar refractivity (Wildman–Crippen MR) is 156 cm³/mol. The zero-order valence-electron chi connectivity index (χ0n) is 22.8. The van der Waals surface area contributed by atoms with E-state index in [1.54, 1.807) is 0 Å². The highest BCUT2D eigenvalue weighted by molar-refractivity contribution is 6.00. The first kappa shape index (κ1) is 26.3. The van der Waals surface area contributed by atoms with Crippen LogP contribution in [0.3, 0.4) is 0 Å². The van der Waals surface area contributed by atoms with Crippen molar-refractivity contribution in [2.45, 2.75) is 58.9 Å². The number of carbonyl (C=O) groups is 1. The Bertz CT molecular complexity index is 1380. The van der Waals surface area contributed by atoms with E-state index in [9.17, 15) is 4.79 Å².